The Morgan fingerprint density at radius 1 is 0.941 bits per heavy atom. The molecule has 0 radical (unpaired) electrons. The molecule has 0 saturated carbocycles. The zero-order chi connectivity index (χ0) is 23.5. The fraction of sp³-hybridized carbons (Fsp3) is 0.200. The smallest absolute Gasteiger partial charge is 0.190 e. The number of allylic oxidation sites excluding steroid dienone is 1. The van der Waals surface area contributed by atoms with Crippen molar-refractivity contribution in [3.8, 4) is 11.1 Å². The summed E-state index contributed by atoms with van der Waals surface area (Å²) in [7, 11) is 0. The topological polar surface area (TPSA) is 33.2 Å². The van der Waals surface area contributed by atoms with Crippen LogP contribution in [0.25, 0.3) is 28.1 Å². The standard InChI is InChI=1S/C30H27ClN2O/c1-21-10-6-7-11-22(21)14-17-27(34)29-28(23-12-4-2-5-13-23)25-20-24(31)15-16-26(25)32-30(29)33-18-8-3-9-19-33/h2,4-7,10-17,20H,3,8-9,18-19H2,1H3/b17-14+. The summed E-state index contributed by atoms with van der Waals surface area (Å²) in [5, 5.41) is 1.53. The first-order chi connectivity index (χ1) is 16.6. The number of anilines is 1. The van der Waals surface area contributed by atoms with Gasteiger partial charge in [0.15, 0.2) is 5.78 Å². The van der Waals surface area contributed by atoms with Crippen molar-refractivity contribution in [1.82, 2.24) is 4.98 Å². The molecule has 3 aromatic carbocycles. The fourth-order valence-electron chi connectivity index (χ4n) is 4.72. The Balaban J connectivity index is 1.76. The molecule has 4 heteroatoms. The summed E-state index contributed by atoms with van der Waals surface area (Å²) < 4.78 is 0. The number of piperidine rings is 1. The number of rotatable bonds is 5. The molecule has 1 aliphatic heterocycles. The highest BCUT2D eigenvalue weighted by atomic mass is 35.5. The molecule has 1 saturated heterocycles. The van der Waals surface area contributed by atoms with Crippen LogP contribution in [-0.2, 0) is 0 Å². The summed E-state index contributed by atoms with van der Waals surface area (Å²) >= 11 is 6.42. The van der Waals surface area contributed by atoms with E-state index in [4.69, 9.17) is 16.6 Å². The van der Waals surface area contributed by atoms with E-state index in [-0.39, 0.29) is 5.78 Å². The van der Waals surface area contributed by atoms with E-state index in [9.17, 15) is 4.79 Å². The molecule has 1 aromatic heterocycles. The number of fused-ring (bicyclic) bond motifs is 1. The minimum atomic E-state index is -0.0444. The molecule has 170 valence electrons. The Kier molecular flexibility index (Phi) is 6.46. The van der Waals surface area contributed by atoms with E-state index in [0.29, 0.717) is 10.6 Å². The van der Waals surface area contributed by atoms with Crippen LogP contribution in [0, 0.1) is 6.92 Å². The lowest BCUT2D eigenvalue weighted by atomic mass is 9.92. The number of ketones is 1. The fourth-order valence-corrected chi connectivity index (χ4v) is 4.89. The van der Waals surface area contributed by atoms with E-state index in [0.717, 1.165) is 64.9 Å². The van der Waals surface area contributed by atoms with Gasteiger partial charge in [-0.2, -0.15) is 0 Å². The summed E-state index contributed by atoms with van der Waals surface area (Å²) in [6.07, 6.45) is 7.02. The van der Waals surface area contributed by atoms with Gasteiger partial charge >= 0.3 is 0 Å². The molecule has 0 aliphatic carbocycles. The molecular weight excluding hydrogens is 440 g/mol. The molecule has 0 amide bonds. The van der Waals surface area contributed by atoms with Crippen molar-refractivity contribution in [2.24, 2.45) is 0 Å². The van der Waals surface area contributed by atoms with Gasteiger partial charge in [-0.15, -0.1) is 0 Å². The van der Waals surface area contributed by atoms with Gasteiger partial charge in [0.25, 0.3) is 0 Å². The Morgan fingerprint density at radius 3 is 2.44 bits per heavy atom. The maximum absolute atomic E-state index is 13.9. The Morgan fingerprint density at radius 2 is 1.68 bits per heavy atom. The number of benzene rings is 3. The Hall–Kier alpha value is -3.43. The van der Waals surface area contributed by atoms with Gasteiger partial charge in [-0.3, -0.25) is 4.79 Å². The van der Waals surface area contributed by atoms with E-state index >= 15 is 0 Å². The third-order valence-corrected chi connectivity index (χ3v) is 6.73. The summed E-state index contributed by atoms with van der Waals surface area (Å²) in [5.41, 5.74) is 5.55. The minimum absolute atomic E-state index is 0.0444. The predicted molar refractivity (Wildman–Crippen MR) is 143 cm³/mol. The highest BCUT2D eigenvalue weighted by Gasteiger charge is 2.25. The maximum atomic E-state index is 13.9. The molecule has 0 bridgehead atoms. The molecule has 1 aliphatic rings. The third kappa shape index (κ3) is 4.49. The number of hydrogen-bond acceptors (Lipinski definition) is 3. The van der Waals surface area contributed by atoms with Crippen molar-refractivity contribution in [2.75, 3.05) is 18.0 Å². The molecule has 0 atom stereocenters. The summed E-state index contributed by atoms with van der Waals surface area (Å²) in [6.45, 7) is 3.86. The van der Waals surface area contributed by atoms with Crippen molar-refractivity contribution in [3.05, 3.63) is 101 Å². The number of hydrogen-bond donors (Lipinski definition) is 0. The van der Waals surface area contributed by atoms with Crippen LogP contribution in [0.4, 0.5) is 5.82 Å². The van der Waals surface area contributed by atoms with E-state index in [1.165, 1.54) is 6.42 Å². The number of carbonyl (C=O) groups excluding carboxylic acids is 1. The van der Waals surface area contributed by atoms with Crippen molar-refractivity contribution >= 4 is 40.2 Å². The molecule has 3 nitrogen and oxygen atoms in total. The second-order valence-electron chi connectivity index (χ2n) is 8.81. The van der Waals surface area contributed by atoms with Crippen LogP contribution in [0.5, 0.6) is 0 Å². The molecule has 0 unspecified atom stereocenters. The largest absolute Gasteiger partial charge is 0.356 e. The van der Waals surface area contributed by atoms with E-state index < -0.39 is 0 Å². The van der Waals surface area contributed by atoms with Gasteiger partial charge in [0, 0.05) is 29.1 Å². The number of nitrogens with zero attached hydrogens (tertiary/aromatic N) is 2. The van der Waals surface area contributed by atoms with Gasteiger partial charge in [0.1, 0.15) is 5.82 Å². The first-order valence-electron chi connectivity index (χ1n) is 11.8. The van der Waals surface area contributed by atoms with E-state index in [2.05, 4.69) is 30.0 Å². The number of pyridine rings is 1. The number of carbonyl (C=O) groups is 1. The SMILES string of the molecule is Cc1ccccc1/C=C/C(=O)c1c(N2CCCCC2)nc2ccc(Cl)cc2c1-c1ccccc1. The van der Waals surface area contributed by atoms with Crippen molar-refractivity contribution < 1.29 is 4.79 Å². The maximum Gasteiger partial charge on any atom is 0.190 e. The number of aromatic nitrogens is 1. The second kappa shape index (κ2) is 9.82. The lowest BCUT2D eigenvalue weighted by Gasteiger charge is -2.30. The van der Waals surface area contributed by atoms with Gasteiger partial charge in [0.2, 0.25) is 0 Å². The molecule has 0 N–H and O–H groups in total. The third-order valence-electron chi connectivity index (χ3n) is 6.50. The van der Waals surface area contributed by atoms with Crippen LogP contribution < -0.4 is 4.90 Å². The van der Waals surface area contributed by atoms with Gasteiger partial charge in [-0.1, -0.05) is 72.3 Å². The monoisotopic (exact) mass is 466 g/mol. The highest BCUT2D eigenvalue weighted by molar-refractivity contribution is 6.31. The van der Waals surface area contributed by atoms with Gasteiger partial charge in [0.05, 0.1) is 11.1 Å². The first kappa shape index (κ1) is 22.4. The molecule has 0 spiro atoms. The molecule has 5 rings (SSSR count). The zero-order valence-corrected chi connectivity index (χ0v) is 20.1. The average molecular weight is 467 g/mol. The lowest BCUT2D eigenvalue weighted by Crippen LogP contribution is -2.32. The summed E-state index contributed by atoms with van der Waals surface area (Å²) in [4.78, 5) is 21.2. The second-order valence-corrected chi connectivity index (χ2v) is 9.25. The molecular formula is C30H27ClN2O. The van der Waals surface area contributed by atoms with Crippen molar-refractivity contribution in [3.63, 3.8) is 0 Å². The average Bonchev–Trinajstić information content (AvgIpc) is 2.88. The normalized spacial score (nSPS) is 14.1. The van der Waals surface area contributed by atoms with Crippen molar-refractivity contribution in [1.29, 1.82) is 0 Å². The van der Waals surface area contributed by atoms with Crippen molar-refractivity contribution in [2.45, 2.75) is 26.2 Å². The van der Waals surface area contributed by atoms with Crippen LogP contribution in [0.15, 0.2) is 78.9 Å². The molecule has 34 heavy (non-hydrogen) atoms. The molecule has 2 heterocycles. The first-order valence-corrected chi connectivity index (χ1v) is 12.2. The minimum Gasteiger partial charge on any atom is -0.356 e. The van der Waals surface area contributed by atoms with Crippen LogP contribution >= 0.6 is 11.6 Å². The lowest BCUT2D eigenvalue weighted by molar-refractivity contribution is 0.104. The Labute approximate surface area is 205 Å². The zero-order valence-electron chi connectivity index (χ0n) is 19.3. The Bertz CT molecular complexity index is 1370. The quantitative estimate of drug-likeness (QED) is 0.222. The van der Waals surface area contributed by atoms with Gasteiger partial charge in [-0.25, -0.2) is 4.98 Å². The van der Waals surface area contributed by atoms with Crippen LogP contribution in [0.2, 0.25) is 5.02 Å². The van der Waals surface area contributed by atoms with Gasteiger partial charge < -0.3 is 4.90 Å². The molecule has 1 fully saturated rings. The number of halogens is 1. The predicted octanol–water partition coefficient (Wildman–Crippen LogP) is 7.75. The highest BCUT2D eigenvalue weighted by Crippen LogP contribution is 2.39. The van der Waals surface area contributed by atoms with E-state index in [1.54, 1.807) is 6.08 Å². The van der Waals surface area contributed by atoms with Gasteiger partial charge in [-0.05, 0) is 67.2 Å². The molecule has 4 aromatic rings. The van der Waals surface area contributed by atoms with Crippen LogP contribution in [-0.4, -0.2) is 23.9 Å². The van der Waals surface area contributed by atoms with Crippen LogP contribution in [0.3, 0.4) is 0 Å². The summed E-state index contributed by atoms with van der Waals surface area (Å²) in [6, 6.07) is 23.9. The van der Waals surface area contributed by atoms with E-state index in [1.807, 2.05) is 60.7 Å². The summed E-state index contributed by atoms with van der Waals surface area (Å²) in [5.74, 6) is 0.727. The van der Waals surface area contributed by atoms with Crippen LogP contribution in [0.1, 0.15) is 40.7 Å². The number of aryl methyl sites for hydroxylation is 1.